The fourth-order valence-electron chi connectivity index (χ4n) is 1.88. The average Bonchev–Trinajstić information content (AvgIpc) is 2.42. The van der Waals surface area contributed by atoms with Gasteiger partial charge in [-0.2, -0.15) is 0 Å². The molecule has 0 aliphatic carbocycles. The molecule has 0 spiro atoms. The van der Waals surface area contributed by atoms with Crippen molar-refractivity contribution in [1.29, 1.82) is 0 Å². The predicted octanol–water partition coefficient (Wildman–Crippen LogP) is 2.92. The molecule has 21 heavy (non-hydrogen) atoms. The van der Waals surface area contributed by atoms with Crippen LogP contribution in [-0.4, -0.2) is 28.7 Å². The van der Waals surface area contributed by atoms with Gasteiger partial charge in [0, 0.05) is 18.4 Å². The van der Waals surface area contributed by atoms with Crippen LogP contribution in [0.15, 0.2) is 23.9 Å². The van der Waals surface area contributed by atoms with E-state index in [1.165, 1.54) is 11.0 Å². The Balaban J connectivity index is 3.41. The molecule has 0 fully saturated rings. The number of carboxylic acid groups (broad SMARTS) is 2. The molecular weight excluding hydrogens is 301 g/mol. The van der Waals surface area contributed by atoms with Gasteiger partial charge in [-0.05, 0) is 31.0 Å². The van der Waals surface area contributed by atoms with Gasteiger partial charge in [0.25, 0.3) is 0 Å². The largest absolute Gasteiger partial charge is 0.477 e. The Morgan fingerprint density at radius 2 is 1.86 bits per heavy atom. The van der Waals surface area contributed by atoms with Crippen molar-refractivity contribution in [1.82, 2.24) is 0 Å². The minimum Gasteiger partial charge on any atom is -0.477 e. The van der Waals surface area contributed by atoms with Crippen LogP contribution in [0.3, 0.4) is 0 Å². The van der Waals surface area contributed by atoms with Gasteiger partial charge >= 0.3 is 11.9 Å². The summed E-state index contributed by atoms with van der Waals surface area (Å²) >= 11 is 5.91. The molecule has 0 aromatic heterocycles. The van der Waals surface area contributed by atoms with E-state index in [1.807, 2.05) is 0 Å². The molecule has 114 valence electrons. The first kappa shape index (κ1) is 17.0. The van der Waals surface area contributed by atoms with Gasteiger partial charge in [-0.25, -0.2) is 14.0 Å². The molecule has 1 aromatic carbocycles. The summed E-state index contributed by atoms with van der Waals surface area (Å²) < 4.78 is 13.5. The summed E-state index contributed by atoms with van der Waals surface area (Å²) in [5.74, 6) is -3.67. The van der Waals surface area contributed by atoms with Crippen molar-refractivity contribution in [3.8, 4) is 0 Å². The van der Waals surface area contributed by atoms with E-state index in [9.17, 15) is 14.0 Å². The maximum atomic E-state index is 13.5. The molecule has 0 heterocycles. The lowest BCUT2D eigenvalue weighted by atomic mass is 10.1. The Morgan fingerprint density at radius 1 is 1.29 bits per heavy atom. The fraction of sp³-hybridized carbons (Fsp3) is 0.286. The van der Waals surface area contributed by atoms with E-state index in [0.717, 1.165) is 12.3 Å². The quantitative estimate of drug-likeness (QED) is 0.479. The first-order valence-corrected chi connectivity index (χ1v) is 6.63. The summed E-state index contributed by atoms with van der Waals surface area (Å²) in [5, 5.41) is 17.7. The Hall–Kier alpha value is -2.08. The van der Waals surface area contributed by atoms with Gasteiger partial charge in [-0.3, -0.25) is 0 Å². The highest BCUT2D eigenvalue weighted by Gasteiger charge is 2.20. The zero-order chi connectivity index (χ0) is 16.2. The Morgan fingerprint density at radius 3 is 2.29 bits per heavy atom. The molecule has 0 aliphatic heterocycles. The third kappa shape index (κ3) is 3.72. The average molecular weight is 316 g/mol. The lowest BCUT2D eigenvalue weighted by molar-refractivity contribution is -0.140. The van der Waals surface area contributed by atoms with E-state index < -0.39 is 23.3 Å². The van der Waals surface area contributed by atoms with Crippen LogP contribution in [0, 0.1) is 5.82 Å². The van der Waals surface area contributed by atoms with Gasteiger partial charge in [0.2, 0.25) is 0 Å². The van der Waals surface area contributed by atoms with E-state index >= 15 is 0 Å². The molecule has 0 radical (unpaired) electrons. The van der Waals surface area contributed by atoms with Gasteiger partial charge in [0.1, 0.15) is 5.82 Å². The second kappa shape index (κ2) is 7.08. The Bertz CT molecular complexity index is 585. The number of hydrogen-bond acceptors (Lipinski definition) is 3. The zero-order valence-corrected chi connectivity index (χ0v) is 12.3. The molecule has 1 aromatic rings. The van der Waals surface area contributed by atoms with E-state index in [4.69, 9.17) is 21.8 Å². The number of nitrogens with zero attached hydrogens (tertiary/aromatic N) is 1. The van der Waals surface area contributed by atoms with Crippen LogP contribution in [0.4, 0.5) is 10.1 Å². The van der Waals surface area contributed by atoms with Crippen LogP contribution < -0.4 is 4.90 Å². The van der Waals surface area contributed by atoms with Crippen molar-refractivity contribution < 1.29 is 24.2 Å². The monoisotopic (exact) mass is 315 g/mol. The normalized spacial score (nSPS) is 10.1. The molecule has 0 saturated heterocycles. The summed E-state index contributed by atoms with van der Waals surface area (Å²) in [7, 11) is 0. The molecule has 0 saturated carbocycles. The smallest absolute Gasteiger partial charge is 0.344 e. The Kier molecular flexibility index (Phi) is 5.72. The molecule has 5 nitrogen and oxygen atoms in total. The number of rotatable bonds is 6. The van der Waals surface area contributed by atoms with E-state index in [1.54, 1.807) is 13.8 Å². The number of hydrogen-bond donors (Lipinski definition) is 2. The van der Waals surface area contributed by atoms with Crippen LogP contribution in [-0.2, 0) is 16.0 Å². The predicted molar refractivity (Wildman–Crippen MR) is 77.2 cm³/mol. The topological polar surface area (TPSA) is 77.8 Å². The maximum absolute atomic E-state index is 13.5. The summed E-state index contributed by atoms with van der Waals surface area (Å²) in [6.07, 6.45) is 1.43. The molecule has 2 N–H and O–H groups in total. The van der Waals surface area contributed by atoms with E-state index in [-0.39, 0.29) is 5.02 Å². The summed E-state index contributed by atoms with van der Waals surface area (Å²) in [4.78, 5) is 23.3. The van der Waals surface area contributed by atoms with E-state index in [0.29, 0.717) is 24.2 Å². The van der Waals surface area contributed by atoms with Gasteiger partial charge < -0.3 is 15.1 Å². The number of benzene rings is 1. The highest BCUT2D eigenvalue weighted by molar-refractivity contribution is 6.32. The van der Waals surface area contributed by atoms with Crippen molar-refractivity contribution in [2.24, 2.45) is 0 Å². The van der Waals surface area contributed by atoms with Crippen molar-refractivity contribution in [2.45, 2.75) is 20.3 Å². The SMILES string of the molecule is CCc1c(N(C=C(C(=O)O)C(=O)O)CC)ccc(F)c1Cl. The zero-order valence-electron chi connectivity index (χ0n) is 11.6. The first-order valence-electron chi connectivity index (χ1n) is 6.25. The van der Waals surface area contributed by atoms with E-state index in [2.05, 4.69) is 0 Å². The number of anilines is 1. The third-order valence-corrected chi connectivity index (χ3v) is 3.33. The van der Waals surface area contributed by atoms with Crippen molar-refractivity contribution in [2.75, 3.05) is 11.4 Å². The van der Waals surface area contributed by atoms with Crippen LogP contribution in [0.2, 0.25) is 5.02 Å². The first-order chi connectivity index (χ1) is 9.83. The number of aliphatic carboxylic acids is 2. The highest BCUT2D eigenvalue weighted by Crippen LogP contribution is 2.31. The van der Waals surface area contributed by atoms with Crippen LogP contribution in [0.1, 0.15) is 19.4 Å². The molecule has 0 unspecified atom stereocenters. The van der Waals surface area contributed by atoms with Gasteiger partial charge in [-0.1, -0.05) is 18.5 Å². The molecular formula is C14H15ClFNO4. The summed E-state index contributed by atoms with van der Waals surface area (Å²) in [6.45, 7) is 3.80. The Labute approximate surface area is 126 Å². The summed E-state index contributed by atoms with van der Waals surface area (Å²) in [6, 6.07) is 2.61. The molecule has 0 atom stereocenters. The van der Waals surface area contributed by atoms with Crippen LogP contribution in [0.5, 0.6) is 0 Å². The molecule has 0 aliphatic rings. The third-order valence-electron chi connectivity index (χ3n) is 2.92. The van der Waals surface area contributed by atoms with Crippen molar-refractivity contribution in [3.63, 3.8) is 0 Å². The van der Waals surface area contributed by atoms with Gasteiger partial charge in [0.05, 0.1) is 5.02 Å². The van der Waals surface area contributed by atoms with Crippen molar-refractivity contribution >= 4 is 29.2 Å². The minimum atomic E-state index is -1.55. The molecule has 1 rings (SSSR count). The fourth-order valence-corrected chi connectivity index (χ4v) is 2.17. The number of carboxylic acids is 2. The van der Waals surface area contributed by atoms with Crippen LogP contribution in [0.25, 0.3) is 0 Å². The number of halogens is 2. The second-order valence-corrected chi connectivity index (χ2v) is 4.53. The van der Waals surface area contributed by atoms with Gasteiger partial charge in [-0.15, -0.1) is 0 Å². The van der Waals surface area contributed by atoms with Crippen LogP contribution >= 0.6 is 11.6 Å². The minimum absolute atomic E-state index is 0.0472. The standard InChI is InChI=1S/C14H15ClFNO4/c1-3-8-11(6-5-10(16)12(8)15)17(4-2)7-9(13(18)19)14(20)21/h5-7H,3-4H2,1-2H3,(H,18,19)(H,20,21). The highest BCUT2D eigenvalue weighted by atomic mass is 35.5. The van der Waals surface area contributed by atoms with Crippen molar-refractivity contribution in [3.05, 3.63) is 40.3 Å². The molecule has 0 bridgehead atoms. The molecule has 0 amide bonds. The lowest BCUT2D eigenvalue weighted by Gasteiger charge is -2.23. The lowest BCUT2D eigenvalue weighted by Crippen LogP contribution is -2.22. The number of carbonyl (C=O) groups is 2. The molecule has 7 heteroatoms. The summed E-state index contributed by atoms with van der Waals surface area (Å²) in [5.41, 5.74) is 0.190. The second-order valence-electron chi connectivity index (χ2n) is 4.15. The maximum Gasteiger partial charge on any atom is 0.344 e. The van der Waals surface area contributed by atoms with Gasteiger partial charge in [0.15, 0.2) is 5.57 Å².